The van der Waals surface area contributed by atoms with E-state index in [2.05, 4.69) is 34.6 Å². The molecule has 2 aromatic carbocycles. The second-order valence-corrected chi connectivity index (χ2v) is 9.95. The predicted molar refractivity (Wildman–Crippen MR) is 136 cm³/mol. The van der Waals surface area contributed by atoms with Gasteiger partial charge in [-0.15, -0.1) is 0 Å². The smallest absolute Gasteiger partial charge is 0.303 e. The zero-order valence-corrected chi connectivity index (χ0v) is 20.3. The van der Waals surface area contributed by atoms with Gasteiger partial charge in [-0.1, -0.05) is 24.3 Å². The molecule has 1 saturated carbocycles. The number of anilines is 1. The van der Waals surface area contributed by atoms with E-state index in [0.29, 0.717) is 30.7 Å². The van der Waals surface area contributed by atoms with Crippen LogP contribution in [0.2, 0.25) is 0 Å². The van der Waals surface area contributed by atoms with E-state index >= 15 is 0 Å². The number of carbonyl (C=O) groups is 2. The number of allylic oxidation sites excluding steroid dienone is 2. The van der Waals surface area contributed by atoms with Crippen LogP contribution < -0.4 is 10.1 Å². The molecule has 1 fully saturated rings. The quantitative estimate of drug-likeness (QED) is 0.569. The topological polar surface area (TPSA) is 112 Å². The Bertz CT molecular complexity index is 1320. The molecule has 2 aromatic rings. The monoisotopic (exact) mass is 483 g/mol. The molecule has 184 valence electrons. The molecule has 3 aliphatic rings. The van der Waals surface area contributed by atoms with Gasteiger partial charge in [0.25, 0.3) is 0 Å². The van der Waals surface area contributed by atoms with E-state index in [9.17, 15) is 14.9 Å². The Hall–Kier alpha value is -3.92. The maximum absolute atomic E-state index is 13.5. The zero-order chi connectivity index (χ0) is 25.3. The molecule has 36 heavy (non-hydrogen) atoms. The van der Waals surface area contributed by atoms with Crippen molar-refractivity contribution in [2.24, 2.45) is 10.9 Å². The summed E-state index contributed by atoms with van der Waals surface area (Å²) in [5.74, 6) is -0.0418. The fourth-order valence-electron chi connectivity index (χ4n) is 5.46. The average Bonchev–Trinajstić information content (AvgIpc) is 3.60. The number of fused-ring (bicyclic) bond motifs is 2. The van der Waals surface area contributed by atoms with Crippen molar-refractivity contribution in [1.29, 1.82) is 5.26 Å². The van der Waals surface area contributed by atoms with Crippen molar-refractivity contribution in [1.82, 2.24) is 0 Å². The molecule has 0 saturated heterocycles. The second-order valence-electron chi connectivity index (χ2n) is 9.95. The summed E-state index contributed by atoms with van der Waals surface area (Å²) in [5, 5.41) is 21.4. The van der Waals surface area contributed by atoms with Crippen LogP contribution in [0.4, 0.5) is 5.69 Å². The number of hydrogen-bond donors (Lipinski definition) is 2. The minimum absolute atomic E-state index is 0.0549. The lowest BCUT2D eigenvalue weighted by Gasteiger charge is -2.28. The van der Waals surface area contributed by atoms with Gasteiger partial charge in [0.05, 0.1) is 18.2 Å². The van der Waals surface area contributed by atoms with Crippen LogP contribution in [0.15, 0.2) is 53.2 Å². The van der Waals surface area contributed by atoms with Crippen LogP contribution in [0.3, 0.4) is 0 Å². The van der Waals surface area contributed by atoms with E-state index in [1.165, 1.54) is 5.56 Å². The van der Waals surface area contributed by atoms with Gasteiger partial charge in [-0.2, -0.15) is 5.26 Å². The molecule has 0 aromatic heterocycles. The Kier molecular flexibility index (Phi) is 6.36. The van der Waals surface area contributed by atoms with Crippen LogP contribution in [0.25, 0.3) is 0 Å². The Morgan fingerprint density at radius 2 is 2.14 bits per heavy atom. The molecule has 0 radical (unpaired) electrons. The fourth-order valence-corrected chi connectivity index (χ4v) is 5.46. The maximum atomic E-state index is 13.5. The lowest BCUT2D eigenvalue weighted by Crippen LogP contribution is -2.27. The summed E-state index contributed by atoms with van der Waals surface area (Å²) in [7, 11) is 0. The lowest BCUT2D eigenvalue weighted by molar-refractivity contribution is -0.137. The molecule has 3 atom stereocenters. The summed E-state index contributed by atoms with van der Waals surface area (Å²) in [6.45, 7) is 2.58. The van der Waals surface area contributed by atoms with Crippen molar-refractivity contribution < 1.29 is 19.4 Å². The van der Waals surface area contributed by atoms with Gasteiger partial charge in [0.2, 0.25) is 5.91 Å². The molecule has 5 rings (SSSR count). The van der Waals surface area contributed by atoms with Gasteiger partial charge in [0.15, 0.2) is 0 Å². The number of ether oxygens (including phenoxy) is 1. The largest absolute Gasteiger partial charge is 0.493 e. The molecule has 2 aliphatic heterocycles. The van der Waals surface area contributed by atoms with Crippen LogP contribution >= 0.6 is 0 Å². The highest BCUT2D eigenvalue weighted by atomic mass is 16.5. The van der Waals surface area contributed by atoms with E-state index in [0.717, 1.165) is 41.8 Å². The Labute approximate surface area is 210 Å². The minimum atomic E-state index is -0.850. The van der Waals surface area contributed by atoms with Crippen molar-refractivity contribution >= 4 is 23.8 Å². The Morgan fingerprint density at radius 1 is 1.28 bits per heavy atom. The maximum Gasteiger partial charge on any atom is 0.303 e. The number of carbonyl (C=O) groups excluding carboxylic acids is 1. The minimum Gasteiger partial charge on any atom is -0.493 e. The molecule has 1 amide bonds. The Balaban J connectivity index is 1.36. The van der Waals surface area contributed by atoms with Crippen LogP contribution in [0.1, 0.15) is 67.2 Å². The number of benzene rings is 2. The van der Waals surface area contributed by atoms with Crippen molar-refractivity contribution in [2.45, 2.75) is 56.8 Å². The first-order chi connectivity index (χ1) is 17.4. The third-order valence-corrected chi connectivity index (χ3v) is 7.62. The number of aliphatic carboxylic acids is 1. The van der Waals surface area contributed by atoms with Crippen molar-refractivity contribution in [3.05, 3.63) is 70.4 Å². The zero-order valence-electron chi connectivity index (χ0n) is 20.3. The van der Waals surface area contributed by atoms with Gasteiger partial charge in [-0.25, -0.2) is 0 Å². The summed E-state index contributed by atoms with van der Waals surface area (Å²) < 4.78 is 5.96. The molecular weight excluding hydrogens is 454 g/mol. The predicted octanol–water partition coefficient (Wildman–Crippen LogP) is 5.11. The van der Waals surface area contributed by atoms with Crippen molar-refractivity contribution in [3.8, 4) is 11.8 Å². The molecule has 2 heterocycles. The summed E-state index contributed by atoms with van der Waals surface area (Å²) in [5.41, 5.74) is 4.95. The highest BCUT2D eigenvalue weighted by molar-refractivity contribution is 5.97. The molecule has 7 nitrogen and oxygen atoms in total. The highest BCUT2D eigenvalue weighted by Gasteiger charge is 2.61. The van der Waals surface area contributed by atoms with Gasteiger partial charge in [0, 0.05) is 46.8 Å². The SMILES string of the molecule is CC1=CCC(c2ccc3c(c2)[C@]2(CCO3)C[C@H]2C(=O)Nc2cc(C#N)ccc2CCCC(=O)O)C=N1. The first-order valence-electron chi connectivity index (χ1n) is 12.4. The average molecular weight is 484 g/mol. The Morgan fingerprint density at radius 3 is 2.89 bits per heavy atom. The number of rotatable bonds is 7. The van der Waals surface area contributed by atoms with Gasteiger partial charge < -0.3 is 15.2 Å². The number of amides is 1. The summed E-state index contributed by atoms with van der Waals surface area (Å²) in [6, 6.07) is 13.6. The van der Waals surface area contributed by atoms with Gasteiger partial charge in [-0.05, 0) is 68.4 Å². The number of aryl methyl sites for hydroxylation is 1. The first kappa shape index (κ1) is 23.8. The molecule has 2 N–H and O–H groups in total. The molecule has 7 heteroatoms. The molecule has 1 aliphatic carbocycles. The summed E-state index contributed by atoms with van der Waals surface area (Å²) >= 11 is 0. The molecular formula is C29H29N3O4. The third kappa shape index (κ3) is 4.64. The number of aliphatic imine (C=N–C) groups is 1. The van der Waals surface area contributed by atoms with E-state index in [-0.39, 0.29) is 29.6 Å². The number of nitrogens with zero attached hydrogens (tertiary/aromatic N) is 2. The lowest BCUT2D eigenvalue weighted by atomic mass is 9.84. The van der Waals surface area contributed by atoms with Crippen molar-refractivity contribution in [2.75, 3.05) is 11.9 Å². The summed E-state index contributed by atoms with van der Waals surface area (Å²) in [6.07, 6.45) is 7.62. The number of carboxylic acids is 1. The van der Waals surface area contributed by atoms with E-state index in [4.69, 9.17) is 9.84 Å². The van der Waals surface area contributed by atoms with E-state index < -0.39 is 5.97 Å². The van der Waals surface area contributed by atoms with Crippen molar-refractivity contribution in [3.63, 3.8) is 0 Å². The van der Waals surface area contributed by atoms with Crippen LogP contribution in [0, 0.1) is 17.2 Å². The molecule has 1 unspecified atom stereocenters. The highest BCUT2D eigenvalue weighted by Crippen LogP contribution is 2.61. The van der Waals surface area contributed by atoms with Gasteiger partial charge in [-0.3, -0.25) is 14.6 Å². The number of carboxylic acid groups (broad SMARTS) is 1. The number of hydrogen-bond acceptors (Lipinski definition) is 5. The van der Waals surface area contributed by atoms with Crippen LogP contribution in [-0.4, -0.2) is 29.8 Å². The first-order valence-corrected chi connectivity index (χ1v) is 12.4. The number of nitriles is 1. The number of nitrogens with one attached hydrogen (secondary N) is 1. The third-order valence-electron chi connectivity index (χ3n) is 7.62. The molecule has 1 spiro atoms. The normalized spacial score (nSPS) is 23.7. The van der Waals surface area contributed by atoms with E-state index in [1.54, 1.807) is 18.2 Å². The van der Waals surface area contributed by atoms with E-state index in [1.807, 2.05) is 19.2 Å². The standard InChI is InChI=1S/C29H29N3O4/c1-18-5-7-22(17-31-18)21-9-10-26-23(14-21)29(11-12-36-26)15-24(29)28(35)32-25-13-19(16-30)6-8-20(25)3-2-4-27(33)34/h5-6,8-10,13-14,17,22,24H,2-4,7,11-12,15H2,1H3,(H,32,35)(H,33,34)/t22?,24-,29-/m0/s1. The fraction of sp³-hybridized carbons (Fsp3) is 0.379. The van der Waals surface area contributed by atoms with Crippen LogP contribution in [-0.2, 0) is 21.4 Å². The summed E-state index contributed by atoms with van der Waals surface area (Å²) in [4.78, 5) is 28.9. The van der Waals surface area contributed by atoms with Gasteiger partial charge >= 0.3 is 5.97 Å². The van der Waals surface area contributed by atoms with Gasteiger partial charge in [0.1, 0.15) is 5.75 Å². The molecule has 0 bridgehead atoms. The van der Waals surface area contributed by atoms with Crippen LogP contribution in [0.5, 0.6) is 5.75 Å². The second kappa shape index (κ2) is 9.62.